The van der Waals surface area contributed by atoms with Crippen LogP contribution in [0.2, 0.25) is 0 Å². The third kappa shape index (κ3) is 3.29. The van der Waals surface area contributed by atoms with Gasteiger partial charge in [0.15, 0.2) is 11.5 Å². The van der Waals surface area contributed by atoms with E-state index in [1.54, 1.807) is 25.3 Å². The Hall–Kier alpha value is -2.49. The lowest BCUT2D eigenvalue weighted by atomic mass is 10.1. The SMILES string of the molecule is COc1cc(C)ccc1OCc1cccc(C(N)=O)c1. The zero-order valence-electron chi connectivity index (χ0n) is 11.6. The Morgan fingerprint density at radius 3 is 2.65 bits per heavy atom. The summed E-state index contributed by atoms with van der Waals surface area (Å²) in [6.45, 7) is 2.34. The molecule has 0 unspecified atom stereocenters. The maximum atomic E-state index is 11.1. The van der Waals surface area contributed by atoms with E-state index in [2.05, 4.69) is 0 Å². The van der Waals surface area contributed by atoms with Gasteiger partial charge in [0.2, 0.25) is 5.91 Å². The van der Waals surface area contributed by atoms with Crippen LogP contribution in [0.3, 0.4) is 0 Å². The van der Waals surface area contributed by atoms with Crippen LogP contribution in [0.25, 0.3) is 0 Å². The van der Waals surface area contributed by atoms with E-state index in [9.17, 15) is 4.79 Å². The highest BCUT2D eigenvalue weighted by molar-refractivity contribution is 5.92. The van der Waals surface area contributed by atoms with Gasteiger partial charge in [-0.05, 0) is 42.3 Å². The second kappa shape index (κ2) is 6.10. The van der Waals surface area contributed by atoms with Crippen molar-refractivity contribution in [3.05, 3.63) is 59.2 Å². The summed E-state index contributed by atoms with van der Waals surface area (Å²) in [6.07, 6.45) is 0. The summed E-state index contributed by atoms with van der Waals surface area (Å²) in [5.74, 6) is 0.915. The number of ether oxygens (including phenoxy) is 2. The van der Waals surface area contributed by atoms with Crippen LogP contribution in [0.1, 0.15) is 21.5 Å². The summed E-state index contributed by atoms with van der Waals surface area (Å²) in [5.41, 5.74) is 7.71. The summed E-state index contributed by atoms with van der Waals surface area (Å²) in [5, 5.41) is 0. The molecule has 0 spiro atoms. The number of aryl methyl sites for hydroxylation is 1. The first-order valence-electron chi connectivity index (χ1n) is 6.26. The minimum atomic E-state index is -0.445. The van der Waals surface area contributed by atoms with Crippen molar-refractivity contribution < 1.29 is 14.3 Å². The predicted octanol–water partition coefficient (Wildman–Crippen LogP) is 2.68. The number of carbonyl (C=O) groups is 1. The number of amides is 1. The van der Waals surface area contributed by atoms with Crippen LogP contribution in [0, 0.1) is 6.92 Å². The van der Waals surface area contributed by atoms with Crippen molar-refractivity contribution >= 4 is 5.91 Å². The van der Waals surface area contributed by atoms with Crippen molar-refractivity contribution in [1.82, 2.24) is 0 Å². The van der Waals surface area contributed by atoms with E-state index in [4.69, 9.17) is 15.2 Å². The van der Waals surface area contributed by atoms with E-state index in [0.29, 0.717) is 23.7 Å². The molecule has 20 heavy (non-hydrogen) atoms. The van der Waals surface area contributed by atoms with Gasteiger partial charge in [-0.3, -0.25) is 4.79 Å². The molecule has 0 aromatic heterocycles. The molecule has 4 heteroatoms. The number of methoxy groups -OCH3 is 1. The molecule has 2 N–H and O–H groups in total. The molecule has 0 saturated carbocycles. The minimum Gasteiger partial charge on any atom is -0.493 e. The Labute approximate surface area is 118 Å². The molecule has 0 saturated heterocycles. The van der Waals surface area contributed by atoms with Gasteiger partial charge in [0.25, 0.3) is 0 Å². The summed E-state index contributed by atoms with van der Waals surface area (Å²) in [4.78, 5) is 11.1. The van der Waals surface area contributed by atoms with Gasteiger partial charge in [-0.2, -0.15) is 0 Å². The molecule has 4 nitrogen and oxygen atoms in total. The number of primary amides is 1. The van der Waals surface area contributed by atoms with Gasteiger partial charge < -0.3 is 15.2 Å². The number of benzene rings is 2. The molecule has 0 radical (unpaired) electrons. The lowest BCUT2D eigenvalue weighted by molar-refractivity contribution is 0.1000. The zero-order chi connectivity index (χ0) is 14.5. The predicted molar refractivity (Wildman–Crippen MR) is 77.0 cm³/mol. The van der Waals surface area contributed by atoms with E-state index in [1.807, 2.05) is 31.2 Å². The fourth-order valence-electron chi connectivity index (χ4n) is 1.87. The van der Waals surface area contributed by atoms with Gasteiger partial charge in [0, 0.05) is 5.56 Å². The summed E-state index contributed by atoms with van der Waals surface area (Å²) in [7, 11) is 1.61. The van der Waals surface area contributed by atoms with Crippen LogP contribution in [0.15, 0.2) is 42.5 Å². The molecule has 1 amide bonds. The fraction of sp³-hybridized carbons (Fsp3) is 0.188. The molecule has 104 valence electrons. The van der Waals surface area contributed by atoms with Crippen LogP contribution in [-0.4, -0.2) is 13.0 Å². The number of hydrogen-bond acceptors (Lipinski definition) is 3. The topological polar surface area (TPSA) is 61.6 Å². The summed E-state index contributed by atoms with van der Waals surface area (Å²) < 4.78 is 11.0. The maximum absolute atomic E-state index is 11.1. The lowest BCUT2D eigenvalue weighted by Gasteiger charge is -2.11. The summed E-state index contributed by atoms with van der Waals surface area (Å²) >= 11 is 0. The van der Waals surface area contributed by atoms with Crippen LogP contribution >= 0.6 is 0 Å². The number of nitrogens with two attached hydrogens (primary N) is 1. The van der Waals surface area contributed by atoms with Gasteiger partial charge in [-0.1, -0.05) is 18.2 Å². The second-order valence-corrected chi connectivity index (χ2v) is 4.51. The number of carbonyl (C=O) groups excluding carboxylic acids is 1. The standard InChI is InChI=1S/C16H17NO3/c1-11-6-7-14(15(8-11)19-2)20-10-12-4-3-5-13(9-12)16(17)18/h3-9H,10H2,1-2H3,(H2,17,18). The average molecular weight is 271 g/mol. The van der Waals surface area contributed by atoms with E-state index in [0.717, 1.165) is 11.1 Å². The molecule has 0 bridgehead atoms. The van der Waals surface area contributed by atoms with Crippen molar-refractivity contribution in [2.45, 2.75) is 13.5 Å². The molecule has 2 aromatic rings. The smallest absolute Gasteiger partial charge is 0.248 e. The van der Waals surface area contributed by atoms with Crippen molar-refractivity contribution in [3.8, 4) is 11.5 Å². The molecule has 0 heterocycles. The highest BCUT2D eigenvalue weighted by atomic mass is 16.5. The fourth-order valence-corrected chi connectivity index (χ4v) is 1.87. The Morgan fingerprint density at radius 2 is 1.95 bits per heavy atom. The van der Waals surface area contributed by atoms with E-state index >= 15 is 0 Å². The van der Waals surface area contributed by atoms with Crippen LogP contribution < -0.4 is 15.2 Å². The second-order valence-electron chi connectivity index (χ2n) is 4.51. The van der Waals surface area contributed by atoms with Crippen molar-refractivity contribution in [3.63, 3.8) is 0 Å². The quantitative estimate of drug-likeness (QED) is 0.909. The first kappa shape index (κ1) is 13.9. The van der Waals surface area contributed by atoms with Gasteiger partial charge in [0.05, 0.1) is 7.11 Å². The lowest BCUT2D eigenvalue weighted by Crippen LogP contribution is -2.11. The molecule has 0 atom stereocenters. The molecule has 0 aliphatic heterocycles. The number of hydrogen-bond donors (Lipinski definition) is 1. The van der Waals surface area contributed by atoms with Crippen LogP contribution in [0.4, 0.5) is 0 Å². The first-order valence-corrected chi connectivity index (χ1v) is 6.26. The minimum absolute atomic E-state index is 0.348. The highest BCUT2D eigenvalue weighted by Gasteiger charge is 2.06. The summed E-state index contributed by atoms with van der Waals surface area (Å²) in [6, 6.07) is 12.8. The van der Waals surface area contributed by atoms with Crippen LogP contribution in [0.5, 0.6) is 11.5 Å². The highest BCUT2D eigenvalue weighted by Crippen LogP contribution is 2.28. The van der Waals surface area contributed by atoms with Gasteiger partial charge in [-0.25, -0.2) is 0 Å². The van der Waals surface area contributed by atoms with Gasteiger partial charge in [-0.15, -0.1) is 0 Å². The monoisotopic (exact) mass is 271 g/mol. The zero-order valence-corrected chi connectivity index (χ0v) is 11.6. The Morgan fingerprint density at radius 1 is 1.15 bits per heavy atom. The molecule has 0 fully saturated rings. The van der Waals surface area contributed by atoms with Crippen molar-refractivity contribution in [2.24, 2.45) is 5.73 Å². The van der Waals surface area contributed by atoms with E-state index < -0.39 is 5.91 Å². The van der Waals surface area contributed by atoms with Crippen molar-refractivity contribution in [1.29, 1.82) is 0 Å². The molecular formula is C16H17NO3. The molecule has 0 aliphatic carbocycles. The molecule has 2 aromatic carbocycles. The normalized spacial score (nSPS) is 10.1. The first-order chi connectivity index (χ1) is 9.60. The Balaban J connectivity index is 2.12. The Bertz CT molecular complexity index is 623. The van der Waals surface area contributed by atoms with E-state index in [1.165, 1.54) is 0 Å². The maximum Gasteiger partial charge on any atom is 0.248 e. The molecular weight excluding hydrogens is 254 g/mol. The van der Waals surface area contributed by atoms with Gasteiger partial charge in [0.1, 0.15) is 6.61 Å². The molecule has 2 rings (SSSR count). The average Bonchev–Trinajstić information content (AvgIpc) is 2.46. The number of rotatable bonds is 5. The van der Waals surface area contributed by atoms with Gasteiger partial charge >= 0.3 is 0 Å². The van der Waals surface area contributed by atoms with Crippen molar-refractivity contribution in [2.75, 3.05) is 7.11 Å². The van der Waals surface area contributed by atoms with E-state index in [-0.39, 0.29) is 0 Å². The largest absolute Gasteiger partial charge is 0.493 e. The Kier molecular flexibility index (Phi) is 4.25. The third-order valence-corrected chi connectivity index (χ3v) is 2.92. The molecule has 0 aliphatic rings. The van der Waals surface area contributed by atoms with Crippen LogP contribution in [-0.2, 0) is 6.61 Å². The third-order valence-electron chi connectivity index (χ3n) is 2.92.